The molecule has 8 nitrogen and oxygen atoms in total. The van der Waals surface area contributed by atoms with Crippen LogP contribution < -0.4 is 10.0 Å². The average Bonchev–Trinajstić information content (AvgIpc) is 3.07. The van der Waals surface area contributed by atoms with Crippen LogP contribution in [-0.2, 0) is 23.0 Å². The molecule has 0 aliphatic heterocycles. The first-order chi connectivity index (χ1) is 9.97. The molecule has 2 aromatic heterocycles. The molecule has 0 saturated carbocycles. The fraction of sp³-hybridized carbons (Fsp3) is 0.500. The van der Waals surface area contributed by atoms with Crippen LogP contribution in [-0.4, -0.2) is 36.1 Å². The van der Waals surface area contributed by atoms with Gasteiger partial charge in [-0.15, -0.1) is 0 Å². The van der Waals surface area contributed by atoms with Gasteiger partial charge in [-0.3, -0.25) is 0 Å². The molecule has 0 spiro atoms. The minimum absolute atomic E-state index is 0.215. The van der Waals surface area contributed by atoms with Gasteiger partial charge in [-0.25, -0.2) is 13.1 Å². The van der Waals surface area contributed by atoms with Crippen LogP contribution in [0.15, 0.2) is 28.1 Å². The molecular formula is C12H19N5O3S. The zero-order valence-corrected chi connectivity index (χ0v) is 12.8. The van der Waals surface area contributed by atoms with E-state index >= 15 is 0 Å². The number of hydrogen-bond donors (Lipinski definition) is 3. The zero-order valence-electron chi connectivity index (χ0n) is 12.0. The Morgan fingerprint density at radius 3 is 2.90 bits per heavy atom. The number of sulfonamides is 1. The van der Waals surface area contributed by atoms with E-state index in [1.54, 1.807) is 6.07 Å². The molecule has 0 radical (unpaired) electrons. The highest BCUT2D eigenvalue weighted by molar-refractivity contribution is 7.89. The molecule has 21 heavy (non-hydrogen) atoms. The molecule has 116 valence electrons. The van der Waals surface area contributed by atoms with Gasteiger partial charge in [0.25, 0.3) is 0 Å². The molecule has 2 aromatic rings. The molecule has 0 fully saturated rings. The number of aromatic nitrogens is 3. The van der Waals surface area contributed by atoms with Crippen molar-refractivity contribution in [1.82, 2.24) is 25.2 Å². The normalized spacial score (nSPS) is 12.1. The monoisotopic (exact) mass is 313 g/mol. The van der Waals surface area contributed by atoms with Crippen LogP contribution in [0, 0.1) is 0 Å². The van der Waals surface area contributed by atoms with Crippen molar-refractivity contribution in [3.63, 3.8) is 0 Å². The summed E-state index contributed by atoms with van der Waals surface area (Å²) < 4.78 is 31.3. The summed E-state index contributed by atoms with van der Waals surface area (Å²) in [4.78, 5) is 6.99. The molecule has 9 heteroatoms. The number of rotatable bonds is 8. The molecule has 0 atom stereocenters. The first-order valence-electron chi connectivity index (χ1n) is 6.63. The highest BCUT2D eigenvalue weighted by Crippen LogP contribution is 2.10. The van der Waals surface area contributed by atoms with Gasteiger partial charge in [0.15, 0.2) is 5.82 Å². The summed E-state index contributed by atoms with van der Waals surface area (Å²) in [5.74, 6) is 0.466. The lowest BCUT2D eigenvalue weighted by Gasteiger charge is -2.05. The van der Waals surface area contributed by atoms with Crippen molar-refractivity contribution < 1.29 is 12.9 Å². The van der Waals surface area contributed by atoms with Gasteiger partial charge < -0.3 is 14.8 Å². The van der Waals surface area contributed by atoms with Crippen molar-refractivity contribution >= 4 is 10.0 Å². The van der Waals surface area contributed by atoms with Crippen LogP contribution in [0.4, 0.5) is 0 Å². The minimum atomic E-state index is -3.53. The fourth-order valence-electron chi connectivity index (χ4n) is 1.67. The summed E-state index contributed by atoms with van der Waals surface area (Å²) in [7, 11) is -3.53. The van der Waals surface area contributed by atoms with Crippen molar-refractivity contribution in [2.75, 3.05) is 6.54 Å². The van der Waals surface area contributed by atoms with Gasteiger partial charge in [-0.1, -0.05) is 19.0 Å². The molecule has 0 aliphatic rings. The van der Waals surface area contributed by atoms with Crippen LogP contribution in [0.2, 0.25) is 0 Å². The average molecular weight is 313 g/mol. The highest BCUT2D eigenvalue weighted by Gasteiger charge is 2.16. The molecule has 0 amide bonds. The Bertz CT molecular complexity index is 648. The lowest BCUT2D eigenvalue weighted by molar-refractivity contribution is 0.410. The maximum absolute atomic E-state index is 12.1. The topological polar surface area (TPSA) is 113 Å². The Morgan fingerprint density at radius 1 is 1.43 bits per heavy atom. The molecule has 0 aliphatic carbocycles. The predicted molar refractivity (Wildman–Crippen MR) is 76.0 cm³/mol. The predicted octanol–water partition coefficient (Wildman–Crippen LogP) is 0.417. The third kappa shape index (κ3) is 4.66. The van der Waals surface area contributed by atoms with Gasteiger partial charge in [-0.2, -0.15) is 4.98 Å². The number of hydrogen-bond acceptors (Lipinski definition) is 6. The highest BCUT2D eigenvalue weighted by atomic mass is 32.2. The third-order valence-corrected chi connectivity index (χ3v) is 4.22. The first kappa shape index (κ1) is 15.7. The molecular weight excluding hydrogens is 294 g/mol. The van der Waals surface area contributed by atoms with Crippen molar-refractivity contribution in [2.24, 2.45) is 0 Å². The van der Waals surface area contributed by atoms with Gasteiger partial charge >= 0.3 is 0 Å². The lowest BCUT2D eigenvalue weighted by atomic mass is 10.3. The number of H-pyrrole nitrogens is 1. The molecule has 2 heterocycles. The molecule has 0 bridgehead atoms. The summed E-state index contributed by atoms with van der Waals surface area (Å²) in [6, 6.07) is 1.95. The van der Waals surface area contributed by atoms with Gasteiger partial charge in [0.1, 0.15) is 0 Å². The van der Waals surface area contributed by atoms with Crippen molar-refractivity contribution in [2.45, 2.75) is 37.8 Å². The van der Waals surface area contributed by atoms with E-state index in [1.165, 1.54) is 12.6 Å². The standard InChI is InChI=1S/C12H19N5O3S/c1-9(2)13-6-10-5-11(7-14-10)21(18,19)16-4-3-12-15-8-20-17-12/h5,7-9,13-14,16H,3-4,6H2,1-2H3. The van der Waals surface area contributed by atoms with E-state index in [9.17, 15) is 8.42 Å². The summed E-state index contributed by atoms with van der Waals surface area (Å²) in [6.07, 6.45) is 3.07. The van der Waals surface area contributed by atoms with E-state index in [4.69, 9.17) is 0 Å². The van der Waals surface area contributed by atoms with Crippen LogP contribution in [0.3, 0.4) is 0 Å². The molecule has 0 saturated heterocycles. The Balaban J connectivity index is 1.89. The Labute approximate surface area is 123 Å². The van der Waals surface area contributed by atoms with Gasteiger partial charge in [-0.05, 0) is 6.07 Å². The van der Waals surface area contributed by atoms with E-state index in [1.807, 2.05) is 13.8 Å². The van der Waals surface area contributed by atoms with Crippen LogP contribution in [0.5, 0.6) is 0 Å². The smallest absolute Gasteiger partial charge is 0.242 e. The second-order valence-corrected chi connectivity index (χ2v) is 6.66. The molecule has 3 N–H and O–H groups in total. The maximum Gasteiger partial charge on any atom is 0.242 e. The van der Waals surface area contributed by atoms with Crippen LogP contribution in [0.1, 0.15) is 25.4 Å². The minimum Gasteiger partial charge on any atom is -0.363 e. The number of aromatic amines is 1. The van der Waals surface area contributed by atoms with Crippen molar-refractivity contribution in [1.29, 1.82) is 0 Å². The largest absolute Gasteiger partial charge is 0.363 e. The van der Waals surface area contributed by atoms with E-state index in [0.717, 1.165) is 5.69 Å². The quantitative estimate of drug-likeness (QED) is 0.651. The third-order valence-electron chi connectivity index (χ3n) is 2.78. The van der Waals surface area contributed by atoms with Gasteiger partial charge in [0.05, 0.1) is 4.90 Å². The summed E-state index contributed by atoms with van der Waals surface area (Å²) >= 11 is 0. The Hall–Kier alpha value is -1.71. The first-order valence-corrected chi connectivity index (χ1v) is 8.11. The summed E-state index contributed by atoms with van der Waals surface area (Å²) in [5.41, 5.74) is 0.822. The van der Waals surface area contributed by atoms with E-state index in [-0.39, 0.29) is 11.4 Å². The van der Waals surface area contributed by atoms with E-state index in [2.05, 4.69) is 29.7 Å². The summed E-state index contributed by atoms with van der Waals surface area (Å²) in [6.45, 7) is 4.86. The Morgan fingerprint density at radius 2 is 2.24 bits per heavy atom. The Kier molecular flexibility index (Phi) is 5.10. The van der Waals surface area contributed by atoms with Crippen LogP contribution in [0.25, 0.3) is 0 Å². The number of nitrogens with zero attached hydrogens (tertiary/aromatic N) is 2. The number of nitrogens with one attached hydrogen (secondary N) is 3. The molecule has 0 aromatic carbocycles. The lowest BCUT2D eigenvalue weighted by Crippen LogP contribution is -2.26. The van der Waals surface area contributed by atoms with Gasteiger partial charge in [0.2, 0.25) is 16.4 Å². The zero-order chi connectivity index (χ0) is 15.3. The van der Waals surface area contributed by atoms with Crippen LogP contribution >= 0.6 is 0 Å². The SMILES string of the molecule is CC(C)NCc1cc(S(=O)(=O)NCCc2ncon2)c[nH]1. The maximum atomic E-state index is 12.1. The van der Waals surface area contributed by atoms with Crippen molar-refractivity contribution in [3.8, 4) is 0 Å². The second-order valence-electron chi connectivity index (χ2n) is 4.89. The van der Waals surface area contributed by atoms with E-state index < -0.39 is 10.0 Å². The second kappa shape index (κ2) is 6.83. The van der Waals surface area contributed by atoms with E-state index in [0.29, 0.717) is 24.8 Å². The van der Waals surface area contributed by atoms with Crippen molar-refractivity contribution in [3.05, 3.63) is 30.2 Å². The summed E-state index contributed by atoms with van der Waals surface area (Å²) in [5, 5.41) is 6.83. The molecule has 0 unspecified atom stereocenters. The van der Waals surface area contributed by atoms with Gasteiger partial charge in [0, 0.05) is 37.4 Å². The molecule has 2 rings (SSSR count). The fourth-order valence-corrected chi connectivity index (χ4v) is 2.72.